The lowest BCUT2D eigenvalue weighted by Gasteiger charge is -2.14. The lowest BCUT2D eigenvalue weighted by molar-refractivity contribution is -0.136. The third-order valence-electron chi connectivity index (χ3n) is 4.48. The molecule has 2 amide bonds. The molecule has 0 saturated carbocycles. The van der Waals surface area contributed by atoms with Gasteiger partial charge in [-0.2, -0.15) is 0 Å². The molecule has 3 rings (SSSR count). The van der Waals surface area contributed by atoms with Crippen molar-refractivity contribution >= 4 is 28.4 Å². The molecule has 0 bridgehead atoms. The van der Waals surface area contributed by atoms with Crippen molar-refractivity contribution in [3.63, 3.8) is 0 Å². The molecule has 0 aliphatic carbocycles. The van der Waals surface area contributed by atoms with Crippen molar-refractivity contribution < 1.29 is 23.8 Å². The Bertz CT molecular complexity index is 1000. The van der Waals surface area contributed by atoms with E-state index in [4.69, 9.17) is 14.2 Å². The van der Waals surface area contributed by atoms with Crippen molar-refractivity contribution in [1.29, 1.82) is 0 Å². The van der Waals surface area contributed by atoms with Gasteiger partial charge in [-0.15, -0.1) is 0 Å². The zero-order chi connectivity index (χ0) is 20.8. The normalized spacial score (nSPS) is 10.4. The minimum absolute atomic E-state index is 0.337. The summed E-state index contributed by atoms with van der Waals surface area (Å²) in [5, 5.41) is 6.28. The van der Waals surface area contributed by atoms with Crippen LogP contribution in [-0.4, -0.2) is 44.7 Å². The highest BCUT2D eigenvalue weighted by Gasteiger charge is 2.18. The highest BCUT2D eigenvalue weighted by Crippen LogP contribution is 2.39. The van der Waals surface area contributed by atoms with Crippen LogP contribution in [0.25, 0.3) is 10.9 Å². The van der Waals surface area contributed by atoms with Crippen LogP contribution in [-0.2, 0) is 16.0 Å². The second kappa shape index (κ2) is 9.01. The fourth-order valence-electron chi connectivity index (χ4n) is 3.07. The van der Waals surface area contributed by atoms with Gasteiger partial charge >= 0.3 is 11.8 Å². The Balaban J connectivity index is 1.60. The second-order valence-corrected chi connectivity index (χ2v) is 6.23. The van der Waals surface area contributed by atoms with Crippen LogP contribution >= 0.6 is 0 Å². The van der Waals surface area contributed by atoms with Crippen molar-refractivity contribution in [2.75, 3.05) is 33.2 Å². The summed E-state index contributed by atoms with van der Waals surface area (Å²) < 4.78 is 15.7. The van der Waals surface area contributed by atoms with Crippen LogP contribution in [0.3, 0.4) is 0 Å². The quantitative estimate of drug-likeness (QED) is 0.532. The van der Waals surface area contributed by atoms with Gasteiger partial charge in [0.15, 0.2) is 11.5 Å². The van der Waals surface area contributed by atoms with Crippen LogP contribution in [0.15, 0.2) is 42.6 Å². The Hall–Kier alpha value is -3.68. The summed E-state index contributed by atoms with van der Waals surface area (Å²) in [7, 11) is 4.43. The molecule has 3 N–H and O–H groups in total. The van der Waals surface area contributed by atoms with Gasteiger partial charge in [-0.05, 0) is 18.1 Å². The van der Waals surface area contributed by atoms with E-state index < -0.39 is 11.8 Å². The predicted octanol–water partition coefficient (Wildman–Crippen LogP) is 2.49. The minimum Gasteiger partial charge on any atom is -0.493 e. The maximum atomic E-state index is 12.2. The van der Waals surface area contributed by atoms with Crippen LogP contribution in [0.2, 0.25) is 0 Å². The number of methoxy groups -OCH3 is 3. The van der Waals surface area contributed by atoms with E-state index >= 15 is 0 Å². The largest absolute Gasteiger partial charge is 0.493 e. The van der Waals surface area contributed by atoms with E-state index in [2.05, 4.69) is 15.6 Å². The fourth-order valence-corrected chi connectivity index (χ4v) is 3.07. The first kappa shape index (κ1) is 20.1. The first-order valence-electron chi connectivity index (χ1n) is 9.01. The molecule has 8 heteroatoms. The molecule has 8 nitrogen and oxygen atoms in total. The molecule has 2 aromatic carbocycles. The highest BCUT2D eigenvalue weighted by molar-refractivity contribution is 6.39. The van der Waals surface area contributed by atoms with Gasteiger partial charge in [0.25, 0.3) is 0 Å². The van der Waals surface area contributed by atoms with Gasteiger partial charge in [0, 0.05) is 41.5 Å². The fraction of sp³-hybridized carbons (Fsp3) is 0.238. The third-order valence-corrected chi connectivity index (χ3v) is 4.48. The Kier molecular flexibility index (Phi) is 6.23. The molecule has 0 aliphatic rings. The molecule has 152 valence electrons. The molecule has 0 radical (unpaired) electrons. The molecular weight excluding hydrogens is 374 g/mol. The van der Waals surface area contributed by atoms with Gasteiger partial charge < -0.3 is 29.8 Å². The van der Waals surface area contributed by atoms with E-state index in [1.807, 2.05) is 30.5 Å². The topological polar surface area (TPSA) is 102 Å². The van der Waals surface area contributed by atoms with Crippen LogP contribution in [0.1, 0.15) is 5.56 Å². The molecule has 0 atom stereocenters. The summed E-state index contributed by atoms with van der Waals surface area (Å²) in [4.78, 5) is 27.6. The van der Waals surface area contributed by atoms with Crippen LogP contribution in [0.4, 0.5) is 5.69 Å². The Morgan fingerprint density at radius 2 is 1.66 bits per heavy atom. The SMILES string of the molecule is COc1cc(NC(=O)C(=O)NCCc2c[nH]c3ccccc23)cc(OC)c1OC. The number of H-pyrrole nitrogens is 1. The Labute approximate surface area is 168 Å². The highest BCUT2D eigenvalue weighted by atomic mass is 16.5. The average molecular weight is 397 g/mol. The van der Waals surface area contributed by atoms with Gasteiger partial charge in [-0.1, -0.05) is 18.2 Å². The number of hydrogen-bond donors (Lipinski definition) is 3. The van der Waals surface area contributed by atoms with Crippen LogP contribution in [0, 0.1) is 0 Å². The Morgan fingerprint density at radius 1 is 0.966 bits per heavy atom. The third kappa shape index (κ3) is 4.43. The predicted molar refractivity (Wildman–Crippen MR) is 110 cm³/mol. The maximum absolute atomic E-state index is 12.2. The molecule has 3 aromatic rings. The van der Waals surface area contributed by atoms with E-state index in [1.54, 1.807) is 12.1 Å². The molecule has 0 unspecified atom stereocenters. The molecule has 0 aliphatic heterocycles. The smallest absolute Gasteiger partial charge is 0.313 e. The molecular formula is C21H23N3O5. The first-order chi connectivity index (χ1) is 14.1. The van der Waals surface area contributed by atoms with Crippen molar-refractivity contribution in [2.24, 2.45) is 0 Å². The molecule has 0 saturated heterocycles. The number of carbonyl (C=O) groups excluding carboxylic acids is 2. The van der Waals surface area contributed by atoms with Crippen molar-refractivity contribution in [3.8, 4) is 17.2 Å². The number of ether oxygens (including phenoxy) is 3. The van der Waals surface area contributed by atoms with Crippen LogP contribution in [0.5, 0.6) is 17.2 Å². The zero-order valence-corrected chi connectivity index (χ0v) is 16.5. The minimum atomic E-state index is -0.779. The van der Waals surface area contributed by atoms with E-state index in [0.717, 1.165) is 16.5 Å². The van der Waals surface area contributed by atoms with Crippen molar-refractivity contribution in [1.82, 2.24) is 10.3 Å². The summed E-state index contributed by atoms with van der Waals surface area (Å²) in [6.45, 7) is 0.337. The molecule has 0 fully saturated rings. The van der Waals surface area contributed by atoms with Gasteiger partial charge in [-0.25, -0.2) is 0 Å². The number of anilines is 1. The van der Waals surface area contributed by atoms with Crippen molar-refractivity contribution in [2.45, 2.75) is 6.42 Å². The lowest BCUT2D eigenvalue weighted by Crippen LogP contribution is -2.36. The van der Waals surface area contributed by atoms with Gasteiger partial charge in [-0.3, -0.25) is 9.59 Å². The number of aromatic nitrogens is 1. The number of benzene rings is 2. The number of para-hydroxylation sites is 1. The Morgan fingerprint density at radius 3 is 2.31 bits per heavy atom. The summed E-state index contributed by atoms with van der Waals surface area (Å²) >= 11 is 0. The number of amides is 2. The first-order valence-corrected chi connectivity index (χ1v) is 9.01. The number of hydrogen-bond acceptors (Lipinski definition) is 5. The number of nitrogens with one attached hydrogen (secondary N) is 3. The summed E-state index contributed by atoms with van der Waals surface area (Å²) in [6.07, 6.45) is 2.51. The summed E-state index contributed by atoms with van der Waals surface area (Å²) in [5.74, 6) is -0.350. The standard InChI is InChI=1S/C21H23N3O5/c1-27-17-10-14(11-18(28-2)19(17)29-3)24-21(26)20(25)22-9-8-13-12-23-16-7-5-4-6-15(13)16/h4-7,10-12,23H,8-9H2,1-3H3,(H,22,25)(H,24,26). The number of aromatic amines is 1. The summed E-state index contributed by atoms with van der Waals surface area (Å²) in [5.41, 5.74) is 2.47. The number of rotatable bonds is 7. The summed E-state index contributed by atoms with van der Waals surface area (Å²) in [6, 6.07) is 11.0. The number of carbonyl (C=O) groups is 2. The van der Waals surface area contributed by atoms with Gasteiger partial charge in [0.05, 0.1) is 21.3 Å². The average Bonchev–Trinajstić information content (AvgIpc) is 3.16. The monoisotopic (exact) mass is 397 g/mol. The van der Waals surface area contributed by atoms with E-state index in [-0.39, 0.29) is 0 Å². The van der Waals surface area contributed by atoms with Gasteiger partial charge in [0.2, 0.25) is 5.75 Å². The molecule has 0 spiro atoms. The van der Waals surface area contributed by atoms with E-state index in [0.29, 0.717) is 35.9 Å². The second-order valence-electron chi connectivity index (χ2n) is 6.23. The van der Waals surface area contributed by atoms with Crippen molar-refractivity contribution in [3.05, 3.63) is 48.2 Å². The van der Waals surface area contributed by atoms with Gasteiger partial charge in [0.1, 0.15) is 0 Å². The van der Waals surface area contributed by atoms with Crippen LogP contribution < -0.4 is 24.8 Å². The number of fused-ring (bicyclic) bond motifs is 1. The van der Waals surface area contributed by atoms with E-state index in [1.165, 1.54) is 21.3 Å². The van der Waals surface area contributed by atoms with E-state index in [9.17, 15) is 9.59 Å². The molecule has 1 aromatic heterocycles. The molecule has 1 heterocycles. The zero-order valence-electron chi connectivity index (χ0n) is 16.5. The maximum Gasteiger partial charge on any atom is 0.313 e. The molecule has 29 heavy (non-hydrogen) atoms. The lowest BCUT2D eigenvalue weighted by atomic mass is 10.1.